The number of aromatic nitrogens is 1. The van der Waals surface area contributed by atoms with Crippen molar-refractivity contribution in [1.82, 2.24) is 9.88 Å². The van der Waals surface area contributed by atoms with E-state index in [2.05, 4.69) is 4.98 Å². The molecule has 0 spiro atoms. The van der Waals surface area contributed by atoms with Crippen LogP contribution in [0, 0.1) is 0 Å². The summed E-state index contributed by atoms with van der Waals surface area (Å²) in [5.41, 5.74) is 0.317. The third kappa shape index (κ3) is 4.24. The molecule has 0 aliphatic carbocycles. The first-order valence-electron chi connectivity index (χ1n) is 8.39. The van der Waals surface area contributed by atoms with Crippen LogP contribution in [0.3, 0.4) is 0 Å². The van der Waals surface area contributed by atoms with E-state index in [1.165, 1.54) is 4.90 Å². The number of anilines is 1. The maximum Gasteiger partial charge on any atom is 0.415 e. The lowest BCUT2D eigenvalue weighted by atomic mass is 9.95. The van der Waals surface area contributed by atoms with Crippen LogP contribution in [-0.2, 0) is 9.53 Å². The van der Waals surface area contributed by atoms with E-state index in [1.54, 1.807) is 20.2 Å². The number of carbonyl (C=O) groups is 2. The van der Waals surface area contributed by atoms with Crippen LogP contribution < -0.4 is 4.90 Å². The van der Waals surface area contributed by atoms with Gasteiger partial charge in [0.15, 0.2) is 0 Å². The van der Waals surface area contributed by atoms with Gasteiger partial charge in [0.25, 0.3) is 0 Å². The molecule has 0 aromatic carbocycles. The van der Waals surface area contributed by atoms with E-state index < -0.39 is 11.7 Å². The quantitative estimate of drug-likeness (QED) is 0.830. The van der Waals surface area contributed by atoms with E-state index in [-0.39, 0.29) is 11.9 Å². The standard InChI is InChI=1S/C18H27N3O3/c1-13(22)21-12-7-6-10-15(21)14-9-8-11-19-16(14)20(5)17(23)24-18(2,3)4/h8-9,11,15H,6-7,10,12H2,1-5H3/t15-/m0/s1. The number of pyridine rings is 1. The molecule has 6 heteroatoms. The molecular weight excluding hydrogens is 306 g/mol. The van der Waals surface area contributed by atoms with Gasteiger partial charge in [-0.1, -0.05) is 6.07 Å². The molecule has 1 fully saturated rings. The Balaban J connectivity index is 2.32. The van der Waals surface area contributed by atoms with E-state index in [0.717, 1.165) is 31.4 Å². The highest BCUT2D eigenvalue weighted by Crippen LogP contribution is 2.35. The molecular formula is C18H27N3O3. The highest BCUT2D eigenvalue weighted by atomic mass is 16.6. The van der Waals surface area contributed by atoms with Crippen molar-refractivity contribution in [2.24, 2.45) is 0 Å². The fourth-order valence-electron chi connectivity index (χ4n) is 3.00. The number of amides is 2. The molecule has 1 aromatic rings. The Kier molecular flexibility index (Phi) is 5.47. The van der Waals surface area contributed by atoms with Gasteiger partial charge in [-0.2, -0.15) is 0 Å². The molecule has 24 heavy (non-hydrogen) atoms. The van der Waals surface area contributed by atoms with E-state index in [1.807, 2.05) is 37.8 Å². The van der Waals surface area contributed by atoms with Gasteiger partial charge in [0.2, 0.25) is 5.91 Å². The van der Waals surface area contributed by atoms with E-state index >= 15 is 0 Å². The minimum atomic E-state index is -0.573. The first kappa shape index (κ1) is 18.2. The van der Waals surface area contributed by atoms with Crippen molar-refractivity contribution in [2.45, 2.75) is 58.6 Å². The van der Waals surface area contributed by atoms with Crippen LogP contribution >= 0.6 is 0 Å². The Morgan fingerprint density at radius 2 is 2.04 bits per heavy atom. The maximum absolute atomic E-state index is 12.4. The van der Waals surface area contributed by atoms with Crippen LogP contribution in [0.4, 0.5) is 10.6 Å². The molecule has 6 nitrogen and oxygen atoms in total. The summed E-state index contributed by atoms with van der Waals surface area (Å²) in [6.07, 6.45) is 4.14. The zero-order valence-corrected chi connectivity index (χ0v) is 15.2. The summed E-state index contributed by atoms with van der Waals surface area (Å²) >= 11 is 0. The van der Waals surface area contributed by atoms with Crippen molar-refractivity contribution < 1.29 is 14.3 Å². The molecule has 1 aliphatic rings. The van der Waals surface area contributed by atoms with Crippen LogP contribution in [0.2, 0.25) is 0 Å². The lowest BCUT2D eigenvalue weighted by molar-refractivity contribution is -0.132. The van der Waals surface area contributed by atoms with Crippen LogP contribution in [-0.4, -0.2) is 41.1 Å². The van der Waals surface area contributed by atoms with Crippen molar-refractivity contribution in [1.29, 1.82) is 0 Å². The number of likely N-dealkylation sites (tertiary alicyclic amines) is 1. The van der Waals surface area contributed by atoms with Gasteiger partial charge in [0.1, 0.15) is 11.4 Å². The average Bonchev–Trinajstić information content (AvgIpc) is 2.52. The number of hydrogen-bond acceptors (Lipinski definition) is 4. The summed E-state index contributed by atoms with van der Waals surface area (Å²) in [6.45, 7) is 7.82. The molecule has 2 rings (SSSR count). The van der Waals surface area contributed by atoms with Crippen LogP contribution in [0.15, 0.2) is 18.3 Å². The molecule has 0 saturated carbocycles. The lowest BCUT2D eigenvalue weighted by Gasteiger charge is -2.36. The van der Waals surface area contributed by atoms with Gasteiger partial charge in [-0.05, 0) is 46.1 Å². The molecule has 0 N–H and O–H groups in total. The Labute approximate surface area is 143 Å². The van der Waals surface area contributed by atoms with Crippen molar-refractivity contribution in [3.05, 3.63) is 23.9 Å². The molecule has 1 saturated heterocycles. The van der Waals surface area contributed by atoms with E-state index in [4.69, 9.17) is 4.74 Å². The molecule has 0 bridgehead atoms. The van der Waals surface area contributed by atoms with Gasteiger partial charge >= 0.3 is 6.09 Å². The molecule has 2 amide bonds. The van der Waals surface area contributed by atoms with Crippen LogP contribution in [0.5, 0.6) is 0 Å². The topological polar surface area (TPSA) is 62.7 Å². The molecule has 1 aliphatic heterocycles. The second kappa shape index (κ2) is 7.20. The number of carbonyl (C=O) groups excluding carboxylic acids is 2. The van der Waals surface area contributed by atoms with Gasteiger partial charge in [-0.15, -0.1) is 0 Å². The van der Waals surface area contributed by atoms with Crippen molar-refractivity contribution in [2.75, 3.05) is 18.5 Å². The Bertz CT molecular complexity index is 610. The van der Waals surface area contributed by atoms with Gasteiger partial charge < -0.3 is 9.64 Å². The van der Waals surface area contributed by atoms with Crippen molar-refractivity contribution >= 4 is 17.8 Å². The monoisotopic (exact) mass is 333 g/mol. The fraction of sp³-hybridized carbons (Fsp3) is 0.611. The average molecular weight is 333 g/mol. The smallest absolute Gasteiger partial charge is 0.415 e. The molecule has 0 radical (unpaired) electrons. The number of rotatable bonds is 2. The van der Waals surface area contributed by atoms with E-state index in [9.17, 15) is 9.59 Å². The van der Waals surface area contributed by atoms with Crippen LogP contribution in [0.25, 0.3) is 0 Å². The molecule has 1 aromatic heterocycles. The first-order chi connectivity index (χ1) is 11.2. The first-order valence-corrected chi connectivity index (χ1v) is 8.39. The number of piperidine rings is 1. The number of hydrogen-bond donors (Lipinski definition) is 0. The van der Waals surface area contributed by atoms with Gasteiger partial charge in [0.05, 0.1) is 6.04 Å². The zero-order chi connectivity index (χ0) is 17.9. The SMILES string of the molecule is CC(=O)N1CCCC[C@H]1c1cccnc1N(C)C(=O)OC(C)(C)C. The summed E-state index contributed by atoms with van der Waals surface area (Å²) in [5.74, 6) is 0.597. The second-order valence-electron chi connectivity index (χ2n) is 7.18. The summed E-state index contributed by atoms with van der Waals surface area (Å²) < 4.78 is 5.44. The zero-order valence-electron chi connectivity index (χ0n) is 15.2. The molecule has 1 atom stereocenters. The molecule has 0 unspecified atom stereocenters. The fourth-order valence-corrected chi connectivity index (χ4v) is 3.00. The summed E-state index contributed by atoms with van der Waals surface area (Å²) in [4.78, 5) is 32.1. The predicted octanol–water partition coefficient (Wildman–Crippen LogP) is 3.53. The highest BCUT2D eigenvalue weighted by molar-refractivity contribution is 5.87. The molecule has 2 heterocycles. The third-order valence-corrected chi connectivity index (χ3v) is 4.07. The lowest BCUT2D eigenvalue weighted by Crippen LogP contribution is -2.39. The molecule has 132 valence electrons. The summed E-state index contributed by atoms with van der Waals surface area (Å²) in [5, 5.41) is 0. The maximum atomic E-state index is 12.4. The second-order valence-corrected chi connectivity index (χ2v) is 7.18. The highest BCUT2D eigenvalue weighted by Gasteiger charge is 2.31. The minimum absolute atomic E-state index is 0.0504. The van der Waals surface area contributed by atoms with Gasteiger partial charge in [-0.3, -0.25) is 9.69 Å². The summed E-state index contributed by atoms with van der Waals surface area (Å²) in [7, 11) is 1.65. The Morgan fingerprint density at radius 1 is 1.33 bits per heavy atom. The van der Waals surface area contributed by atoms with Gasteiger partial charge in [-0.25, -0.2) is 9.78 Å². The third-order valence-electron chi connectivity index (χ3n) is 4.07. The van der Waals surface area contributed by atoms with Gasteiger partial charge in [0, 0.05) is 32.3 Å². The largest absolute Gasteiger partial charge is 0.443 e. The van der Waals surface area contributed by atoms with Crippen molar-refractivity contribution in [3.8, 4) is 0 Å². The number of nitrogens with zero attached hydrogens (tertiary/aromatic N) is 3. The Hall–Kier alpha value is -2.11. The predicted molar refractivity (Wildman–Crippen MR) is 92.9 cm³/mol. The Morgan fingerprint density at radius 3 is 2.67 bits per heavy atom. The number of ether oxygens (including phenoxy) is 1. The minimum Gasteiger partial charge on any atom is -0.443 e. The van der Waals surface area contributed by atoms with Crippen LogP contribution in [0.1, 0.15) is 58.6 Å². The van der Waals surface area contributed by atoms with Crippen molar-refractivity contribution in [3.63, 3.8) is 0 Å². The normalized spacial score (nSPS) is 18.2. The summed E-state index contributed by atoms with van der Waals surface area (Å²) in [6, 6.07) is 3.73. The van der Waals surface area contributed by atoms with E-state index in [0.29, 0.717) is 5.82 Å².